The predicted molar refractivity (Wildman–Crippen MR) is 97.2 cm³/mol. The van der Waals surface area contributed by atoms with Gasteiger partial charge in [-0.2, -0.15) is 0 Å². The van der Waals surface area contributed by atoms with Crippen LogP contribution in [-0.4, -0.2) is 38.7 Å². The summed E-state index contributed by atoms with van der Waals surface area (Å²) >= 11 is 0. The van der Waals surface area contributed by atoms with Crippen LogP contribution in [0.5, 0.6) is 0 Å². The third kappa shape index (κ3) is 3.29. The molecule has 0 N–H and O–H groups in total. The van der Waals surface area contributed by atoms with Crippen molar-refractivity contribution < 1.29 is 9.21 Å². The Morgan fingerprint density at radius 3 is 2.56 bits per heavy atom. The Balaban J connectivity index is 2.07. The molecule has 0 spiro atoms. The number of aromatic nitrogens is 3. The number of rotatable bonds is 6. The molecule has 6 nitrogen and oxygen atoms in total. The monoisotopic (exact) mass is 340 g/mol. The molecule has 0 aliphatic carbocycles. The van der Waals surface area contributed by atoms with E-state index in [1.54, 1.807) is 0 Å². The fourth-order valence-electron chi connectivity index (χ4n) is 2.94. The first-order valence-corrected chi connectivity index (χ1v) is 8.74. The molecule has 3 rings (SSSR count). The standard InChI is InChI=1S/C19H24N4O2/c1-5-22(6-2)17(24)12-23-15-10-8-7-9-14(15)11-16(23)19-21-20-18(25-19)13(3)4/h7-11,13H,5-6,12H2,1-4H3. The molecule has 0 radical (unpaired) electrons. The summed E-state index contributed by atoms with van der Waals surface area (Å²) in [4.78, 5) is 14.5. The van der Waals surface area contributed by atoms with Crippen LogP contribution in [0, 0.1) is 0 Å². The highest BCUT2D eigenvalue weighted by Gasteiger charge is 2.20. The quantitative estimate of drug-likeness (QED) is 0.686. The van der Waals surface area contributed by atoms with Crippen molar-refractivity contribution in [2.24, 2.45) is 0 Å². The van der Waals surface area contributed by atoms with Gasteiger partial charge in [-0.05, 0) is 26.0 Å². The molecule has 2 aromatic heterocycles. The topological polar surface area (TPSA) is 64.2 Å². The molecule has 6 heteroatoms. The molecule has 1 aromatic carbocycles. The first kappa shape index (κ1) is 17.2. The highest BCUT2D eigenvalue weighted by atomic mass is 16.4. The lowest BCUT2D eigenvalue weighted by atomic mass is 10.2. The van der Waals surface area contributed by atoms with E-state index < -0.39 is 0 Å². The van der Waals surface area contributed by atoms with E-state index in [9.17, 15) is 4.79 Å². The summed E-state index contributed by atoms with van der Waals surface area (Å²) in [5.74, 6) is 1.29. The van der Waals surface area contributed by atoms with Crippen LogP contribution in [0.25, 0.3) is 22.5 Å². The minimum Gasteiger partial charge on any atom is -0.419 e. The zero-order chi connectivity index (χ0) is 18.0. The molecule has 3 aromatic rings. The average Bonchev–Trinajstić information content (AvgIpc) is 3.21. The number of hydrogen-bond donors (Lipinski definition) is 0. The minimum absolute atomic E-state index is 0.0798. The number of carbonyl (C=O) groups is 1. The normalized spacial score (nSPS) is 11.4. The molecule has 0 aliphatic heterocycles. The van der Waals surface area contributed by atoms with Crippen LogP contribution < -0.4 is 0 Å². The fraction of sp³-hybridized carbons (Fsp3) is 0.421. The molecule has 1 amide bonds. The second-order valence-electron chi connectivity index (χ2n) is 6.34. The maximum absolute atomic E-state index is 12.7. The molecule has 0 unspecified atom stereocenters. The summed E-state index contributed by atoms with van der Waals surface area (Å²) in [6.07, 6.45) is 0. The number of hydrogen-bond acceptors (Lipinski definition) is 4. The van der Waals surface area contributed by atoms with Crippen molar-refractivity contribution in [3.63, 3.8) is 0 Å². The van der Waals surface area contributed by atoms with Gasteiger partial charge in [-0.1, -0.05) is 32.0 Å². The highest BCUT2D eigenvalue weighted by Crippen LogP contribution is 2.28. The van der Waals surface area contributed by atoms with Crippen molar-refractivity contribution in [3.05, 3.63) is 36.2 Å². The SMILES string of the molecule is CCN(CC)C(=O)Cn1c(-c2nnc(C(C)C)o2)cc2ccccc21. The Morgan fingerprint density at radius 2 is 1.92 bits per heavy atom. The van der Waals surface area contributed by atoms with Gasteiger partial charge in [-0.15, -0.1) is 10.2 Å². The summed E-state index contributed by atoms with van der Waals surface area (Å²) in [5, 5.41) is 9.37. The van der Waals surface area contributed by atoms with Crippen molar-refractivity contribution in [3.8, 4) is 11.6 Å². The van der Waals surface area contributed by atoms with E-state index in [2.05, 4.69) is 10.2 Å². The molecule has 0 saturated carbocycles. The Labute approximate surface area is 147 Å². The van der Waals surface area contributed by atoms with E-state index in [4.69, 9.17) is 4.42 Å². The van der Waals surface area contributed by atoms with E-state index >= 15 is 0 Å². The van der Waals surface area contributed by atoms with Crippen molar-refractivity contribution in [2.75, 3.05) is 13.1 Å². The molecule has 0 fully saturated rings. The molecule has 0 atom stereocenters. The van der Waals surface area contributed by atoms with Gasteiger partial charge in [0.15, 0.2) is 0 Å². The summed E-state index contributed by atoms with van der Waals surface area (Å²) in [5.41, 5.74) is 1.77. The predicted octanol–water partition coefficient (Wildman–Crippen LogP) is 3.68. The van der Waals surface area contributed by atoms with Crippen LogP contribution in [0.4, 0.5) is 0 Å². The van der Waals surface area contributed by atoms with Crippen molar-refractivity contribution in [2.45, 2.75) is 40.2 Å². The van der Waals surface area contributed by atoms with Crippen molar-refractivity contribution in [1.82, 2.24) is 19.7 Å². The highest BCUT2D eigenvalue weighted by molar-refractivity contribution is 5.88. The molecule has 0 aliphatic rings. The average molecular weight is 340 g/mol. The molecular formula is C19H24N4O2. The molecule has 0 bridgehead atoms. The number of fused-ring (bicyclic) bond motifs is 1. The third-order valence-electron chi connectivity index (χ3n) is 4.37. The first-order valence-electron chi connectivity index (χ1n) is 8.74. The Kier molecular flexibility index (Phi) is 4.88. The summed E-state index contributed by atoms with van der Waals surface area (Å²) < 4.78 is 7.79. The van der Waals surface area contributed by atoms with Crippen LogP contribution >= 0.6 is 0 Å². The van der Waals surface area contributed by atoms with Gasteiger partial charge < -0.3 is 13.9 Å². The van der Waals surface area contributed by atoms with E-state index in [-0.39, 0.29) is 18.4 Å². The smallest absolute Gasteiger partial charge is 0.264 e. The zero-order valence-corrected chi connectivity index (χ0v) is 15.2. The van der Waals surface area contributed by atoms with Gasteiger partial charge in [0.1, 0.15) is 12.2 Å². The van der Waals surface area contributed by atoms with Gasteiger partial charge in [0, 0.05) is 29.9 Å². The zero-order valence-electron chi connectivity index (χ0n) is 15.2. The van der Waals surface area contributed by atoms with Gasteiger partial charge in [-0.3, -0.25) is 4.79 Å². The van der Waals surface area contributed by atoms with E-state index in [0.29, 0.717) is 24.9 Å². The molecule has 132 valence electrons. The van der Waals surface area contributed by atoms with Gasteiger partial charge in [0.2, 0.25) is 11.8 Å². The van der Waals surface area contributed by atoms with Crippen LogP contribution in [0.15, 0.2) is 34.7 Å². The van der Waals surface area contributed by atoms with Gasteiger partial charge in [0.25, 0.3) is 5.89 Å². The number of benzene rings is 1. The van der Waals surface area contributed by atoms with Crippen molar-refractivity contribution >= 4 is 16.8 Å². The van der Waals surface area contributed by atoms with Gasteiger partial charge >= 0.3 is 0 Å². The minimum atomic E-state index is 0.0798. The van der Waals surface area contributed by atoms with Gasteiger partial charge in [-0.25, -0.2) is 0 Å². The second kappa shape index (κ2) is 7.09. The Hall–Kier alpha value is -2.63. The molecule has 25 heavy (non-hydrogen) atoms. The van der Waals surface area contributed by atoms with Crippen LogP contribution in [0.2, 0.25) is 0 Å². The lowest BCUT2D eigenvalue weighted by molar-refractivity contribution is -0.131. The van der Waals surface area contributed by atoms with Crippen LogP contribution in [0.3, 0.4) is 0 Å². The first-order chi connectivity index (χ1) is 12.0. The number of nitrogens with zero attached hydrogens (tertiary/aromatic N) is 4. The van der Waals surface area contributed by atoms with E-state index in [0.717, 1.165) is 16.6 Å². The molecule has 2 heterocycles. The lowest BCUT2D eigenvalue weighted by Crippen LogP contribution is -2.33. The Morgan fingerprint density at radius 1 is 1.20 bits per heavy atom. The van der Waals surface area contributed by atoms with Gasteiger partial charge in [0.05, 0.1) is 0 Å². The largest absolute Gasteiger partial charge is 0.419 e. The molecule has 0 saturated heterocycles. The van der Waals surface area contributed by atoms with E-state index in [1.165, 1.54) is 0 Å². The second-order valence-corrected chi connectivity index (χ2v) is 6.34. The fourth-order valence-corrected chi connectivity index (χ4v) is 2.94. The summed E-state index contributed by atoms with van der Waals surface area (Å²) in [6.45, 7) is 9.65. The van der Waals surface area contributed by atoms with Crippen molar-refractivity contribution in [1.29, 1.82) is 0 Å². The Bertz CT molecular complexity index is 875. The molecular weight excluding hydrogens is 316 g/mol. The lowest BCUT2D eigenvalue weighted by Gasteiger charge is -2.19. The maximum atomic E-state index is 12.7. The summed E-state index contributed by atoms with van der Waals surface area (Å²) in [7, 11) is 0. The summed E-state index contributed by atoms with van der Waals surface area (Å²) in [6, 6.07) is 9.99. The van der Waals surface area contributed by atoms with Crippen LogP contribution in [-0.2, 0) is 11.3 Å². The third-order valence-corrected chi connectivity index (χ3v) is 4.37. The van der Waals surface area contributed by atoms with Crippen LogP contribution in [0.1, 0.15) is 39.5 Å². The number of carbonyl (C=O) groups excluding carboxylic acids is 1. The number of amides is 1. The van der Waals surface area contributed by atoms with E-state index in [1.807, 2.05) is 67.5 Å². The number of likely N-dealkylation sites (N-methyl/N-ethyl adjacent to an activating group) is 1. The number of para-hydroxylation sites is 1. The maximum Gasteiger partial charge on any atom is 0.264 e.